The van der Waals surface area contributed by atoms with E-state index in [1.54, 1.807) is 6.20 Å². The Morgan fingerprint density at radius 1 is 0.696 bits per heavy atom. The summed E-state index contributed by atoms with van der Waals surface area (Å²) >= 11 is 0. The van der Waals surface area contributed by atoms with Gasteiger partial charge in [0.05, 0.1) is 6.61 Å². The maximum Gasteiger partial charge on any atom is 0.213 e. The second kappa shape index (κ2) is 15.8. The third-order valence-corrected chi connectivity index (χ3v) is 4.39. The molecule has 0 aliphatic carbocycles. The summed E-state index contributed by atoms with van der Waals surface area (Å²) in [5.41, 5.74) is 0. The van der Waals surface area contributed by atoms with Crippen molar-refractivity contribution >= 4 is 0 Å². The molecule has 0 amide bonds. The van der Waals surface area contributed by atoms with Crippen molar-refractivity contribution in [1.82, 2.24) is 4.98 Å². The highest BCUT2D eigenvalue weighted by molar-refractivity contribution is 5.08. The van der Waals surface area contributed by atoms with E-state index in [1.165, 1.54) is 83.5 Å². The average molecular weight is 320 g/mol. The van der Waals surface area contributed by atoms with Crippen LogP contribution < -0.4 is 4.74 Å². The SMILES string of the molecule is CCCCCCCCCCCCCCCCOc1ccccn1. The summed E-state index contributed by atoms with van der Waals surface area (Å²) in [7, 11) is 0. The largest absolute Gasteiger partial charge is 0.478 e. The zero-order valence-corrected chi connectivity index (χ0v) is 15.3. The summed E-state index contributed by atoms with van der Waals surface area (Å²) in [6, 6.07) is 5.80. The predicted molar refractivity (Wildman–Crippen MR) is 100 cm³/mol. The van der Waals surface area contributed by atoms with E-state index < -0.39 is 0 Å². The standard InChI is InChI=1S/C21H37NO/c1-2-3-4-5-6-7-8-9-10-11-12-13-14-17-20-23-21-18-15-16-19-22-21/h15-16,18-19H,2-14,17,20H2,1H3. The molecule has 0 aromatic carbocycles. The zero-order chi connectivity index (χ0) is 16.4. The van der Waals surface area contributed by atoms with Gasteiger partial charge in [0.25, 0.3) is 0 Å². The molecule has 1 rings (SSSR count). The van der Waals surface area contributed by atoms with Crippen LogP contribution >= 0.6 is 0 Å². The van der Waals surface area contributed by atoms with Gasteiger partial charge >= 0.3 is 0 Å². The topological polar surface area (TPSA) is 22.1 Å². The van der Waals surface area contributed by atoms with E-state index in [-0.39, 0.29) is 0 Å². The third kappa shape index (κ3) is 13.1. The number of nitrogens with zero attached hydrogens (tertiary/aromatic N) is 1. The fraction of sp³-hybridized carbons (Fsp3) is 0.762. The van der Waals surface area contributed by atoms with Crippen LogP contribution in [0.1, 0.15) is 96.8 Å². The summed E-state index contributed by atoms with van der Waals surface area (Å²) in [6.07, 6.45) is 21.3. The van der Waals surface area contributed by atoms with Gasteiger partial charge in [0.15, 0.2) is 0 Å². The van der Waals surface area contributed by atoms with E-state index in [0.717, 1.165) is 18.9 Å². The smallest absolute Gasteiger partial charge is 0.213 e. The average Bonchev–Trinajstić information content (AvgIpc) is 2.59. The van der Waals surface area contributed by atoms with Crippen molar-refractivity contribution < 1.29 is 4.74 Å². The van der Waals surface area contributed by atoms with Crippen LogP contribution in [0.4, 0.5) is 0 Å². The molecule has 0 bridgehead atoms. The van der Waals surface area contributed by atoms with Gasteiger partial charge in [-0.05, 0) is 12.5 Å². The van der Waals surface area contributed by atoms with Crippen LogP contribution in [0.25, 0.3) is 0 Å². The molecule has 0 aliphatic heterocycles. The first-order valence-electron chi connectivity index (χ1n) is 9.97. The van der Waals surface area contributed by atoms with Crippen LogP contribution in [-0.2, 0) is 0 Å². The number of pyridine rings is 1. The molecule has 1 aromatic rings. The molecule has 1 aromatic heterocycles. The maximum absolute atomic E-state index is 5.60. The Kier molecular flexibility index (Phi) is 13.8. The monoisotopic (exact) mass is 319 g/mol. The third-order valence-electron chi connectivity index (χ3n) is 4.39. The van der Waals surface area contributed by atoms with Gasteiger partial charge in [0.2, 0.25) is 5.88 Å². The molecule has 132 valence electrons. The van der Waals surface area contributed by atoms with E-state index in [9.17, 15) is 0 Å². The molecule has 0 saturated carbocycles. The van der Waals surface area contributed by atoms with Crippen molar-refractivity contribution in [3.63, 3.8) is 0 Å². The first kappa shape index (κ1) is 20.0. The van der Waals surface area contributed by atoms with Crippen LogP contribution in [0.2, 0.25) is 0 Å². The number of unbranched alkanes of at least 4 members (excludes halogenated alkanes) is 13. The van der Waals surface area contributed by atoms with Crippen molar-refractivity contribution in [3.8, 4) is 5.88 Å². The second-order valence-corrected chi connectivity index (χ2v) is 6.61. The Morgan fingerprint density at radius 3 is 1.70 bits per heavy atom. The van der Waals surface area contributed by atoms with Crippen molar-refractivity contribution in [3.05, 3.63) is 24.4 Å². The summed E-state index contributed by atoms with van der Waals surface area (Å²) < 4.78 is 5.60. The molecule has 0 saturated heterocycles. The quantitative estimate of drug-likeness (QED) is 0.308. The number of aromatic nitrogens is 1. The molecule has 0 N–H and O–H groups in total. The van der Waals surface area contributed by atoms with Gasteiger partial charge in [0, 0.05) is 12.3 Å². The molecule has 0 radical (unpaired) electrons. The van der Waals surface area contributed by atoms with Crippen LogP contribution in [-0.4, -0.2) is 11.6 Å². The van der Waals surface area contributed by atoms with Gasteiger partial charge in [-0.3, -0.25) is 0 Å². The lowest BCUT2D eigenvalue weighted by atomic mass is 10.0. The number of ether oxygens (including phenoxy) is 1. The van der Waals surface area contributed by atoms with Crippen LogP contribution in [0.15, 0.2) is 24.4 Å². The van der Waals surface area contributed by atoms with E-state index >= 15 is 0 Å². The van der Waals surface area contributed by atoms with E-state index in [4.69, 9.17) is 4.74 Å². The summed E-state index contributed by atoms with van der Waals surface area (Å²) in [5.74, 6) is 0.752. The first-order valence-corrected chi connectivity index (χ1v) is 9.97. The Morgan fingerprint density at radius 2 is 1.22 bits per heavy atom. The summed E-state index contributed by atoms with van der Waals surface area (Å²) in [4.78, 5) is 4.16. The predicted octanol–water partition coefficient (Wildman–Crippen LogP) is 6.94. The highest BCUT2D eigenvalue weighted by Crippen LogP contribution is 2.13. The van der Waals surface area contributed by atoms with Crippen molar-refractivity contribution in [2.24, 2.45) is 0 Å². The lowest BCUT2D eigenvalue weighted by Gasteiger charge is -2.05. The molecule has 0 unspecified atom stereocenters. The minimum absolute atomic E-state index is 0.752. The molecule has 1 heterocycles. The van der Waals surface area contributed by atoms with Gasteiger partial charge in [-0.2, -0.15) is 0 Å². The molecular formula is C21H37NO. The van der Waals surface area contributed by atoms with E-state index in [0.29, 0.717) is 0 Å². The van der Waals surface area contributed by atoms with Crippen molar-refractivity contribution in [2.75, 3.05) is 6.61 Å². The van der Waals surface area contributed by atoms with Crippen LogP contribution in [0.3, 0.4) is 0 Å². The van der Waals surface area contributed by atoms with Gasteiger partial charge in [0.1, 0.15) is 0 Å². The lowest BCUT2D eigenvalue weighted by Crippen LogP contribution is -1.98. The molecular weight excluding hydrogens is 282 g/mol. The molecule has 0 atom stereocenters. The Bertz CT molecular complexity index is 339. The van der Waals surface area contributed by atoms with Crippen LogP contribution in [0, 0.1) is 0 Å². The van der Waals surface area contributed by atoms with Gasteiger partial charge in [-0.15, -0.1) is 0 Å². The number of hydrogen-bond donors (Lipinski definition) is 0. The highest BCUT2D eigenvalue weighted by atomic mass is 16.5. The lowest BCUT2D eigenvalue weighted by molar-refractivity contribution is 0.293. The maximum atomic E-state index is 5.60. The Hall–Kier alpha value is -1.05. The second-order valence-electron chi connectivity index (χ2n) is 6.61. The van der Waals surface area contributed by atoms with Crippen molar-refractivity contribution in [1.29, 1.82) is 0 Å². The molecule has 2 heteroatoms. The molecule has 2 nitrogen and oxygen atoms in total. The summed E-state index contributed by atoms with van der Waals surface area (Å²) in [6.45, 7) is 3.09. The van der Waals surface area contributed by atoms with Crippen molar-refractivity contribution in [2.45, 2.75) is 96.8 Å². The van der Waals surface area contributed by atoms with Gasteiger partial charge in [-0.25, -0.2) is 4.98 Å². The fourth-order valence-electron chi connectivity index (χ4n) is 2.91. The van der Waals surface area contributed by atoms with E-state index in [2.05, 4.69) is 11.9 Å². The van der Waals surface area contributed by atoms with Gasteiger partial charge in [-0.1, -0.05) is 96.5 Å². The minimum Gasteiger partial charge on any atom is -0.478 e. The van der Waals surface area contributed by atoms with Crippen LogP contribution in [0.5, 0.6) is 5.88 Å². The Balaban J connectivity index is 1.72. The highest BCUT2D eigenvalue weighted by Gasteiger charge is 1.95. The number of hydrogen-bond acceptors (Lipinski definition) is 2. The molecule has 0 aliphatic rings. The zero-order valence-electron chi connectivity index (χ0n) is 15.3. The Labute approximate surface area is 144 Å². The number of rotatable bonds is 16. The molecule has 0 fully saturated rings. The summed E-state index contributed by atoms with van der Waals surface area (Å²) in [5, 5.41) is 0. The fourth-order valence-corrected chi connectivity index (χ4v) is 2.91. The normalized spacial score (nSPS) is 10.8. The first-order chi connectivity index (χ1) is 11.4. The van der Waals surface area contributed by atoms with E-state index in [1.807, 2.05) is 18.2 Å². The minimum atomic E-state index is 0.752. The molecule has 23 heavy (non-hydrogen) atoms. The molecule has 0 spiro atoms. The van der Waals surface area contributed by atoms with Gasteiger partial charge < -0.3 is 4.74 Å².